The minimum absolute atomic E-state index is 0.00300. The van der Waals surface area contributed by atoms with Gasteiger partial charge >= 0.3 is 0 Å². The van der Waals surface area contributed by atoms with Crippen molar-refractivity contribution in [3.63, 3.8) is 0 Å². The monoisotopic (exact) mass is 537 g/mol. The lowest BCUT2D eigenvalue weighted by molar-refractivity contribution is -0.145. The first-order valence-electron chi connectivity index (χ1n) is 16.2. The highest BCUT2D eigenvalue weighted by Crippen LogP contribution is 2.66. The van der Waals surface area contributed by atoms with Crippen molar-refractivity contribution >= 4 is 5.78 Å². The van der Waals surface area contributed by atoms with Gasteiger partial charge < -0.3 is 19.9 Å². The van der Waals surface area contributed by atoms with Gasteiger partial charge in [0.25, 0.3) is 0 Å². The molecule has 0 amide bonds. The summed E-state index contributed by atoms with van der Waals surface area (Å²) in [6.07, 6.45) is 13.5. The van der Waals surface area contributed by atoms with E-state index in [2.05, 4.69) is 43.4 Å². The number of Topliss-reactive ketones (excluding diaryl/α,β-unsaturated/α-hetero) is 1. The smallest absolute Gasteiger partial charge is 0.133 e. The summed E-state index contributed by atoms with van der Waals surface area (Å²) >= 11 is 0. The SMILES string of the molecule is CCC(NC1CCOCC1)c1cccc(OCC[C@]23CCC4C(CCC5CC(=O)CC[C@@]54C)C2CC[C@@H]3O)c1. The van der Waals surface area contributed by atoms with Crippen molar-refractivity contribution in [1.82, 2.24) is 5.32 Å². The van der Waals surface area contributed by atoms with Crippen LogP contribution < -0.4 is 10.1 Å². The Balaban J connectivity index is 1.11. The molecule has 8 atom stereocenters. The average molecular weight is 538 g/mol. The van der Waals surface area contributed by atoms with Gasteiger partial charge in [0.15, 0.2) is 0 Å². The van der Waals surface area contributed by atoms with Crippen LogP contribution in [0.5, 0.6) is 5.75 Å². The summed E-state index contributed by atoms with van der Waals surface area (Å²) in [6.45, 7) is 7.14. The number of benzene rings is 1. The maximum Gasteiger partial charge on any atom is 0.133 e. The third kappa shape index (κ3) is 5.21. The van der Waals surface area contributed by atoms with Gasteiger partial charge in [0.1, 0.15) is 11.5 Å². The Morgan fingerprint density at radius 3 is 2.74 bits per heavy atom. The van der Waals surface area contributed by atoms with Gasteiger partial charge in [0.2, 0.25) is 0 Å². The molecule has 1 aromatic rings. The van der Waals surface area contributed by atoms with Gasteiger partial charge in [-0.25, -0.2) is 0 Å². The lowest BCUT2D eigenvalue weighted by Crippen LogP contribution is -2.55. The molecule has 0 aromatic heterocycles. The molecular formula is C34H51NO4. The van der Waals surface area contributed by atoms with Gasteiger partial charge in [-0.2, -0.15) is 0 Å². The maximum absolute atomic E-state index is 12.2. The first-order valence-corrected chi connectivity index (χ1v) is 16.2. The van der Waals surface area contributed by atoms with E-state index in [0.29, 0.717) is 47.6 Å². The van der Waals surface area contributed by atoms with E-state index in [9.17, 15) is 9.90 Å². The molecule has 0 bridgehead atoms. The first kappa shape index (κ1) is 27.7. The maximum atomic E-state index is 12.2. The van der Waals surface area contributed by atoms with Crippen LogP contribution in [-0.2, 0) is 9.53 Å². The first-order chi connectivity index (χ1) is 18.9. The molecule has 4 saturated carbocycles. The van der Waals surface area contributed by atoms with E-state index in [4.69, 9.17) is 9.47 Å². The second-order valence-electron chi connectivity index (χ2n) is 13.9. The van der Waals surface area contributed by atoms with Gasteiger partial charge in [0, 0.05) is 43.6 Å². The molecule has 5 nitrogen and oxygen atoms in total. The lowest BCUT2D eigenvalue weighted by Gasteiger charge is -2.60. The molecule has 0 radical (unpaired) electrons. The number of carbonyl (C=O) groups excluding carboxylic acids is 1. The Kier molecular flexibility index (Phi) is 8.14. The zero-order chi connectivity index (χ0) is 27.0. The fourth-order valence-corrected chi connectivity index (χ4v) is 10.1. The second kappa shape index (κ2) is 11.4. The molecule has 5 fully saturated rings. The molecule has 1 heterocycles. The molecule has 0 spiro atoms. The van der Waals surface area contributed by atoms with Crippen LogP contribution in [0.2, 0.25) is 0 Å². The van der Waals surface area contributed by atoms with E-state index in [1.165, 1.54) is 24.8 Å². The second-order valence-corrected chi connectivity index (χ2v) is 13.9. The fourth-order valence-electron chi connectivity index (χ4n) is 10.1. The van der Waals surface area contributed by atoms with E-state index >= 15 is 0 Å². The summed E-state index contributed by atoms with van der Waals surface area (Å²) in [5, 5.41) is 15.2. The fraction of sp³-hybridized carbons (Fsp3) is 0.794. The van der Waals surface area contributed by atoms with Gasteiger partial charge in [-0.05, 0) is 117 Å². The zero-order valence-electron chi connectivity index (χ0n) is 24.3. The minimum atomic E-state index is -0.204. The zero-order valence-corrected chi connectivity index (χ0v) is 24.3. The molecule has 39 heavy (non-hydrogen) atoms. The van der Waals surface area contributed by atoms with Crippen LogP contribution in [0, 0.1) is 34.5 Å². The molecule has 6 rings (SSSR count). The van der Waals surface area contributed by atoms with Gasteiger partial charge in [-0.3, -0.25) is 4.79 Å². The van der Waals surface area contributed by atoms with Gasteiger partial charge in [-0.1, -0.05) is 26.0 Å². The number of hydrogen-bond donors (Lipinski definition) is 2. The summed E-state index contributed by atoms with van der Waals surface area (Å²) in [5.74, 6) is 4.05. The Hall–Kier alpha value is -1.43. The largest absolute Gasteiger partial charge is 0.494 e. The van der Waals surface area contributed by atoms with Crippen LogP contribution in [0.4, 0.5) is 0 Å². The Labute approximate surface area is 235 Å². The summed E-state index contributed by atoms with van der Waals surface area (Å²) in [5.41, 5.74) is 1.63. The Morgan fingerprint density at radius 2 is 1.92 bits per heavy atom. The summed E-state index contributed by atoms with van der Waals surface area (Å²) in [6, 6.07) is 9.52. The lowest BCUT2D eigenvalue weighted by atomic mass is 9.44. The van der Waals surface area contributed by atoms with Crippen molar-refractivity contribution in [2.75, 3.05) is 19.8 Å². The molecule has 1 aliphatic heterocycles. The summed E-state index contributed by atoms with van der Waals surface area (Å²) in [4.78, 5) is 12.2. The quantitative estimate of drug-likeness (QED) is 0.390. The summed E-state index contributed by atoms with van der Waals surface area (Å²) < 4.78 is 12.0. The van der Waals surface area contributed by atoms with Gasteiger partial charge in [-0.15, -0.1) is 0 Å². The third-order valence-electron chi connectivity index (χ3n) is 12.3. The van der Waals surface area contributed by atoms with Crippen LogP contribution in [0.15, 0.2) is 24.3 Å². The number of aliphatic hydroxyl groups excluding tert-OH is 1. The van der Waals surface area contributed by atoms with Crippen LogP contribution in [0.25, 0.3) is 0 Å². The van der Waals surface area contributed by atoms with Crippen LogP contribution in [0.1, 0.15) is 109 Å². The van der Waals surface area contributed by atoms with E-state index in [1.807, 2.05) is 0 Å². The number of ether oxygens (including phenoxy) is 2. The molecule has 4 aliphatic carbocycles. The van der Waals surface area contributed by atoms with Crippen molar-refractivity contribution < 1.29 is 19.4 Å². The van der Waals surface area contributed by atoms with Crippen molar-refractivity contribution in [3.05, 3.63) is 29.8 Å². The number of hydrogen-bond acceptors (Lipinski definition) is 5. The molecular weight excluding hydrogens is 486 g/mol. The highest BCUT2D eigenvalue weighted by Gasteiger charge is 2.61. The predicted molar refractivity (Wildman–Crippen MR) is 154 cm³/mol. The molecule has 5 unspecified atom stereocenters. The number of nitrogens with one attached hydrogen (secondary N) is 1. The van der Waals surface area contributed by atoms with Crippen LogP contribution in [0.3, 0.4) is 0 Å². The van der Waals surface area contributed by atoms with Crippen molar-refractivity contribution in [2.45, 2.75) is 116 Å². The van der Waals surface area contributed by atoms with E-state index < -0.39 is 0 Å². The molecule has 5 aliphatic rings. The average Bonchev–Trinajstić information content (AvgIpc) is 3.29. The minimum Gasteiger partial charge on any atom is -0.494 e. The molecule has 5 heteroatoms. The number of fused-ring (bicyclic) bond motifs is 5. The molecule has 1 saturated heterocycles. The van der Waals surface area contributed by atoms with Gasteiger partial charge in [0.05, 0.1) is 12.7 Å². The highest BCUT2D eigenvalue weighted by atomic mass is 16.5. The van der Waals surface area contributed by atoms with Crippen LogP contribution >= 0.6 is 0 Å². The summed E-state index contributed by atoms with van der Waals surface area (Å²) in [7, 11) is 0. The number of aliphatic hydroxyl groups is 1. The van der Waals surface area contributed by atoms with E-state index in [0.717, 1.165) is 89.1 Å². The van der Waals surface area contributed by atoms with E-state index in [1.54, 1.807) is 0 Å². The molecule has 216 valence electrons. The van der Waals surface area contributed by atoms with Crippen molar-refractivity contribution in [1.29, 1.82) is 0 Å². The molecule has 2 N–H and O–H groups in total. The topological polar surface area (TPSA) is 67.8 Å². The number of ketones is 1. The van der Waals surface area contributed by atoms with E-state index in [-0.39, 0.29) is 11.5 Å². The third-order valence-corrected chi connectivity index (χ3v) is 12.3. The highest BCUT2D eigenvalue weighted by molar-refractivity contribution is 5.79. The predicted octanol–water partition coefficient (Wildman–Crippen LogP) is 6.63. The van der Waals surface area contributed by atoms with Crippen molar-refractivity contribution in [2.24, 2.45) is 34.5 Å². The molecule has 1 aromatic carbocycles. The number of carbonyl (C=O) groups is 1. The Bertz CT molecular complexity index is 1010. The van der Waals surface area contributed by atoms with Crippen molar-refractivity contribution in [3.8, 4) is 5.75 Å². The Morgan fingerprint density at radius 1 is 1.08 bits per heavy atom. The standard InChI is InChI=1S/C34H51NO4/c1-3-31(35-25-13-18-38-19-14-25)23-5-4-6-27(21-23)39-20-17-34-16-12-29-28(30(34)9-10-32(34)37)8-7-24-22-26(36)11-15-33(24,29)2/h4-6,21,24-25,28-32,35,37H,3,7-20,22H2,1-2H3/t24?,28?,29?,30?,31?,32-,33-,34+/m0/s1. The van der Waals surface area contributed by atoms with Crippen LogP contribution in [-0.4, -0.2) is 42.9 Å². The number of rotatable bonds is 8. The normalized spacial score (nSPS) is 39.5.